The van der Waals surface area contributed by atoms with Crippen molar-refractivity contribution < 1.29 is 45.7 Å². The molecule has 0 amide bonds. The van der Waals surface area contributed by atoms with Crippen molar-refractivity contribution in [2.45, 2.75) is 44.3 Å². The number of methoxy groups -OCH3 is 2. The number of fused-ring (bicyclic) bond motifs is 5. The third-order valence-corrected chi connectivity index (χ3v) is 7.98. The Morgan fingerprint density at radius 3 is 2.24 bits per heavy atom. The number of alkyl halides is 6. The molecule has 0 bridgehead atoms. The first-order valence-corrected chi connectivity index (χ1v) is 13.2. The van der Waals surface area contributed by atoms with Crippen LogP contribution in [0.15, 0.2) is 41.8 Å². The lowest BCUT2D eigenvalue weighted by atomic mass is 9.82. The van der Waals surface area contributed by atoms with Gasteiger partial charge in [-0.1, -0.05) is 12.1 Å². The van der Waals surface area contributed by atoms with E-state index in [9.17, 15) is 31.4 Å². The number of hydrogen-bond acceptors (Lipinski definition) is 6. The molecule has 2 N–H and O–H groups in total. The molecule has 3 heterocycles. The van der Waals surface area contributed by atoms with Crippen molar-refractivity contribution in [3.05, 3.63) is 63.4 Å². The minimum atomic E-state index is -5.81. The number of ether oxygens (including phenoxy) is 3. The lowest BCUT2D eigenvalue weighted by Crippen LogP contribution is -2.55. The van der Waals surface area contributed by atoms with Crippen LogP contribution in [0.2, 0.25) is 0 Å². The summed E-state index contributed by atoms with van der Waals surface area (Å²) in [4.78, 5) is -0.347. The van der Waals surface area contributed by atoms with E-state index in [-0.39, 0.29) is 27.9 Å². The van der Waals surface area contributed by atoms with E-state index in [1.54, 1.807) is 6.07 Å². The minimum Gasteiger partial charge on any atom is -0.504 e. The van der Waals surface area contributed by atoms with Gasteiger partial charge in [0, 0.05) is 39.9 Å². The molecule has 0 fully saturated rings. The summed E-state index contributed by atoms with van der Waals surface area (Å²) in [5.41, 5.74) is -2.64. The molecule has 0 saturated carbocycles. The first-order valence-electron chi connectivity index (χ1n) is 12.3. The number of halogens is 6. The first kappa shape index (κ1) is 28.9. The fourth-order valence-electron chi connectivity index (χ4n) is 5.60. The second kappa shape index (κ2) is 9.45. The standard InChI is InChI=1S/C29H25F6NO4S/c1-14-13-26(2,3)36-17-7-6-15-23(22(14)17)20(40-19-9-8-18(37)25(38-4)24(15)19)12-21-16(10-11-41-21)27(39-5,28(30,31)32)29(33,34)35/h6-13,36-37H,1-5H3/b20-12-. The van der Waals surface area contributed by atoms with Crippen LogP contribution in [0.3, 0.4) is 0 Å². The van der Waals surface area contributed by atoms with Gasteiger partial charge in [-0.3, -0.25) is 0 Å². The highest BCUT2D eigenvalue weighted by molar-refractivity contribution is 7.11. The first-order chi connectivity index (χ1) is 19.1. The maximum absolute atomic E-state index is 14.2. The Kier molecular flexibility index (Phi) is 6.65. The summed E-state index contributed by atoms with van der Waals surface area (Å²) >= 11 is 0.690. The second-order valence-corrected chi connectivity index (χ2v) is 11.2. The van der Waals surface area contributed by atoms with E-state index in [1.807, 2.05) is 32.9 Å². The molecule has 3 aromatic rings. The molecule has 0 unspecified atom stereocenters. The number of anilines is 1. The summed E-state index contributed by atoms with van der Waals surface area (Å²) in [5.74, 6) is 0.160. The van der Waals surface area contributed by atoms with Gasteiger partial charge >= 0.3 is 12.4 Å². The van der Waals surface area contributed by atoms with E-state index in [0.717, 1.165) is 17.0 Å². The van der Waals surface area contributed by atoms with Gasteiger partial charge in [0.2, 0.25) is 0 Å². The molecule has 12 heteroatoms. The number of aromatic hydroxyl groups is 1. The van der Waals surface area contributed by atoms with Gasteiger partial charge < -0.3 is 24.6 Å². The molecule has 41 heavy (non-hydrogen) atoms. The molecule has 0 saturated heterocycles. The maximum Gasteiger partial charge on any atom is 0.430 e. The molecule has 0 spiro atoms. The summed E-state index contributed by atoms with van der Waals surface area (Å²) in [7, 11) is 1.75. The van der Waals surface area contributed by atoms with Crippen LogP contribution in [-0.2, 0) is 10.3 Å². The maximum atomic E-state index is 14.2. The van der Waals surface area contributed by atoms with Gasteiger partial charge in [-0.25, -0.2) is 0 Å². The number of thiophene rings is 1. The summed E-state index contributed by atoms with van der Waals surface area (Å²) in [5, 5.41) is 15.0. The van der Waals surface area contributed by atoms with Crippen LogP contribution in [0.5, 0.6) is 17.2 Å². The van der Waals surface area contributed by atoms with E-state index in [4.69, 9.17) is 9.47 Å². The van der Waals surface area contributed by atoms with Crippen molar-refractivity contribution in [1.29, 1.82) is 0 Å². The molecular formula is C29H25F6NO4S. The van der Waals surface area contributed by atoms with Crippen molar-refractivity contribution in [2.24, 2.45) is 0 Å². The Balaban J connectivity index is 1.83. The van der Waals surface area contributed by atoms with Crippen molar-refractivity contribution in [1.82, 2.24) is 0 Å². The molecular weight excluding hydrogens is 572 g/mol. The zero-order valence-electron chi connectivity index (χ0n) is 22.5. The lowest BCUT2D eigenvalue weighted by molar-refractivity contribution is -0.383. The molecule has 2 aromatic carbocycles. The van der Waals surface area contributed by atoms with E-state index in [0.29, 0.717) is 46.4 Å². The van der Waals surface area contributed by atoms with E-state index in [2.05, 4.69) is 10.1 Å². The lowest BCUT2D eigenvalue weighted by Gasteiger charge is -2.36. The quantitative estimate of drug-likeness (QED) is 0.295. The fourth-order valence-corrected chi connectivity index (χ4v) is 6.46. The number of nitrogens with one attached hydrogen (secondary N) is 1. The third-order valence-electron chi connectivity index (χ3n) is 7.11. The van der Waals surface area contributed by atoms with Gasteiger partial charge in [0.05, 0.1) is 18.2 Å². The largest absolute Gasteiger partial charge is 0.504 e. The molecule has 0 aliphatic carbocycles. The van der Waals surface area contributed by atoms with Gasteiger partial charge in [0.1, 0.15) is 11.5 Å². The highest BCUT2D eigenvalue weighted by Gasteiger charge is 2.73. The highest BCUT2D eigenvalue weighted by atomic mass is 32.1. The van der Waals surface area contributed by atoms with Crippen LogP contribution in [0.25, 0.3) is 28.5 Å². The average Bonchev–Trinajstić information content (AvgIpc) is 3.30. The van der Waals surface area contributed by atoms with Crippen LogP contribution in [0, 0.1) is 0 Å². The minimum absolute atomic E-state index is 0.0180. The summed E-state index contributed by atoms with van der Waals surface area (Å²) in [6.07, 6.45) is -8.50. The number of allylic oxidation sites excluding steroid dienone is 1. The highest BCUT2D eigenvalue weighted by Crippen LogP contribution is 2.57. The van der Waals surface area contributed by atoms with Crippen LogP contribution in [0.1, 0.15) is 42.3 Å². The number of phenols is 1. The molecule has 2 aliphatic heterocycles. The molecule has 0 radical (unpaired) electrons. The topological polar surface area (TPSA) is 60.0 Å². The van der Waals surface area contributed by atoms with Crippen LogP contribution in [0.4, 0.5) is 32.0 Å². The van der Waals surface area contributed by atoms with E-state index in [1.165, 1.54) is 25.3 Å². The van der Waals surface area contributed by atoms with Crippen LogP contribution >= 0.6 is 11.3 Å². The number of phenolic OH excluding ortho intramolecular Hbond substituents is 1. The monoisotopic (exact) mass is 597 g/mol. The van der Waals surface area contributed by atoms with Crippen LogP contribution in [-0.4, -0.2) is 37.2 Å². The number of hydrogen-bond donors (Lipinski definition) is 2. The van der Waals surface area contributed by atoms with Gasteiger partial charge in [-0.2, -0.15) is 26.3 Å². The number of rotatable bonds is 4. The molecule has 2 aliphatic rings. The molecule has 5 rings (SSSR count). The summed E-state index contributed by atoms with van der Waals surface area (Å²) in [6.45, 7) is 5.77. The van der Waals surface area contributed by atoms with E-state index >= 15 is 0 Å². The zero-order valence-corrected chi connectivity index (χ0v) is 23.3. The predicted molar refractivity (Wildman–Crippen MR) is 145 cm³/mol. The Hall–Kier alpha value is -3.64. The smallest absolute Gasteiger partial charge is 0.430 e. The molecule has 218 valence electrons. The van der Waals surface area contributed by atoms with E-state index < -0.39 is 29.1 Å². The Bertz CT molecular complexity index is 1590. The summed E-state index contributed by atoms with van der Waals surface area (Å²) in [6, 6.07) is 7.10. The molecule has 0 atom stereocenters. The Morgan fingerprint density at radius 2 is 1.63 bits per heavy atom. The predicted octanol–water partition coefficient (Wildman–Crippen LogP) is 8.59. The van der Waals surface area contributed by atoms with Gasteiger partial charge in [-0.15, -0.1) is 11.3 Å². The van der Waals surface area contributed by atoms with Gasteiger partial charge in [0.15, 0.2) is 11.5 Å². The summed E-state index contributed by atoms with van der Waals surface area (Å²) < 4.78 is 101. The second-order valence-electron chi connectivity index (χ2n) is 10.3. The van der Waals surface area contributed by atoms with Crippen molar-refractivity contribution in [2.75, 3.05) is 19.5 Å². The van der Waals surface area contributed by atoms with Crippen molar-refractivity contribution in [3.8, 4) is 28.4 Å². The van der Waals surface area contributed by atoms with Crippen molar-refractivity contribution in [3.63, 3.8) is 0 Å². The van der Waals surface area contributed by atoms with Crippen molar-refractivity contribution >= 4 is 34.4 Å². The zero-order chi connectivity index (χ0) is 30.1. The number of benzene rings is 2. The average molecular weight is 598 g/mol. The third kappa shape index (κ3) is 4.35. The Labute approximate surface area is 235 Å². The molecule has 5 nitrogen and oxygen atoms in total. The fraction of sp³-hybridized carbons (Fsp3) is 0.310. The van der Waals surface area contributed by atoms with Crippen LogP contribution < -0.4 is 14.8 Å². The normalized spacial score (nSPS) is 17.1. The Morgan fingerprint density at radius 1 is 0.951 bits per heavy atom. The van der Waals surface area contributed by atoms with Gasteiger partial charge in [-0.05, 0) is 62.1 Å². The molecule has 1 aromatic heterocycles. The van der Waals surface area contributed by atoms with Gasteiger partial charge in [0.25, 0.3) is 5.60 Å². The SMILES string of the molecule is COc1c(O)ccc2c1-c1ccc3c(c1/C(=C/c1sccc1C(OC)(C(F)(F)F)C(F)(F)F)O2)C(C)=CC(C)(C)N3.